The van der Waals surface area contributed by atoms with E-state index in [4.69, 9.17) is 4.74 Å². The molecule has 0 aliphatic carbocycles. The summed E-state index contributed by atoms with van der Waals surface area (Å²) >= 11 is 1.95. The van der Waals surface area contributed by atoms with Crippen molar-refractivity contribution >= 4 is 23.8 Å². The predicted octanol–water partition coefficient (Wildman–Crippen LogP) is 0.716. The molecular weight excluding hydrogens is 350 g/mol. The van der Waals surface area contributed by atoms with E-state index in [1.165, 1.54) is 12.0 Å². The van der Waals surface area contributed by atoms with E-state index in [1.54, 1.807) is 0 Å². The van der Waals surface area contributed by atoms with E-state index in [-0.39, 0.29) is 6.03 Å². The molecule has 26 heavy (non-hydrogen) atoms. The molecule has 0 spiro atoms. The van der Waals surface area contributed by atoms with Gasteiger partial charge in [0.1, 0.15) is 6.54 Å². The Balaban J connectivity index is 2.03. The van der Waals surface area contributed by atoms with Crippen molar-refractivity contribution in [3.8, 4) is 0 Å². The lowest BCUT2D eigenvalue weighted by Crippen LogP contribution is -3.14. The second-order valence-electron chi connectivity index (χ2n) is 6.81. The summed E-state index contributed by atoms with van der Waals surface area (Å²) in [4.78, 5) is 26.3. The van der Waals surface area contributed by atoms with Crippen molar-refractivity contribution in [2.24, 2.45) is 0 Å². The number of ether oxygens (including phenoxy) is 1. The minimum atomic E-state index is -0.496. The Morgan fingerprint density at radius 1 is 1.31 bits per heavy atom. The van der Waals surface area contributed by atoms with E-state index >= 15 is 0 Å². The fraction of sp³-hybridized carbons (Fsp3) is 0.474. The van der Waals surface area contributed by atoms with E-state index in [2.05, 4.69) is 10.6 Å². The van der Waals surface area contributed by atoms with Crippen LogP contribution in [0.3, 0.4) is 0 Å². The van der Waals surface area contributed by atoms with Crippen molar-refractivity contribution in [3.63, 3.8) is 0 Å². The maximum absolute atomic E-state index is 12.6. The molecule has 0 unspecified atom stereocenters. The lowest BCUT2D eigenvalue weighted by atomic mass is 9.91. The smallest absolute Gasteiger partial charge is 0.338 e. The van der Waals surface area contributed by atoms with Crippen molar-refractivity contribution in [2.45, 2.75) is 19.9 Å². The molecule has 2 amide bonds. The number of amides is 2. The van der Waals surface area contributed by atoms with Gasteiger partial charge in [0.15, 0.2) is 0 Å². The third-order valence-corrected chi connectivity index (χ3v) is 5.92. The molecule has 3 rings (SSSR count). The SMILES string of the molecule is COC(=O)C1=C(C[NH+]2CCSCC2)NC(=O)N[C@H]1c1cc(C)ccc1C. The molecule has 0 saturated carbocycles. The van der Waals surface area contributed by atoms with Gasteiger partial charge in [-0.15, -0.1) is 0 Å². The summed E-state index contributed by atoms with van der Waals surface area (Å²) in [7, 11) is 1.38. The number of hydrogen-bond acceptors (Lipinski definition) is 4. The number of esters is 1. The van der Waals surface area contributed by atoms with Gasteiger partial charge in [-0.1, -0.05) is 23.8 Å². The maximum atomic E-state index is 12.6. The number of hydrogen-bond donors (Lipinski definition) is 3. The molecular formula is C19H26N3O3S+. The van der Waals surface area contributed by atoms with Crippen molar-refractivity contribution in [1.82, 2.24) is 10.6 Å². The van der Waals surface area contributed by atoms with Crippen LogP contribution in [0.5, 0.6) is 0 Å². The third-order valence-electron chi connectivity index (χ3n) is 4.93. The quantitative estimate of drug-likeness (QED) is 0.677. The number of thioether (sulfide) groups is 1. The van der Waals surface area contributed by atoms with Gasteiger partial charge in [0.05, 0.1) is 37.5 Å². The number of rotatable bonds is 4. The van der Waals surface area contributed by atoms with Crippen LogP contribution in [0.4, 0.5) is 4.79 Å². The largest absolute Gasteiger partial charge is 0.466 e. The molecule has 3 N–H and O–H groups in total. The second kappa shape index (κ2) is 8.14. The summed E-state index contributed by atoms with van der Waals surface area (Å²) in [5.41, 5.74) is 4.23. The zero-order chi connectivity index (χ0) is 18.7. The first kappa shape index (κ1) is 18.8. The van der Waals surface area contributed by atoms with Crippen LogP contribution in [-0.4, -0.2) is 50.3 Å². The van der Waals surface area contributed by atoms with E-state index < -0.39 is 12.0 Å². The van der Waals surface area contributed by atoms with Gasteiger partial charge in [0.2, 0.25) is 0 Å². The van der Waals surface area contributed by atoms with E-state index in [0.29, 0.717) is 17.8 Å². The van der Waals surface area contributed by atoms with Crippen LogP contribution in [0.15, 0.2) is 29.5 Å². The van der Waals surface area contributed by atoms with Gasteiger partial charge in [-0.2, -0.15) is 11.8 Å². The highest BCUT2D eigenvalue weighted by molar-refractivity contribution is 7.99. The summed E-state index contributed by atoms with van der Waals surface area (Å²) in [6.07, 6.45) is 0. The Hall–Kier alpha value is -1.99. The number of carbonyl (C=O) groups excluding carboxylic acids is 2. The first-order valence-corrected chi connectivity index (χ1v) is 10.0. The van der Waals surface area contributed by atoms with E-state index in [9.17, 15) is 9.59 Å². The zero-order valence-electron chi connectivity index (χ0n) is 15.5. The molecule has 140 valence electrons. The monoisotopic (exact) mass is 376 g/mol. The fourth-order valence-electron chi connectivity index (χ4n) is 3.50. The fourth-order valence-corrected chi connectivity index (χ4v) is 4.57. The Labute approximate surface area is 158 Å². The van der Waals surface area contributed by atoms with Crippen molar-refractivity contribution in [1.29, 1.82) is 0 Å². The van der Waals surface area contributed by atoms with Crippen LogP contribution in [0, 0.1) is 13.8 Å². The highest BCUT2D eigenvalue weighted by atomic mass is 32.2. The topological polar surface area (TPSA) is 71.9 Å². The number of benzene rings is 1. The first-order chi connectivity index (χ1) is 12.5. The van der Waals surface area contributed by atoms with Crippen LogP contribution in [-0.2, 0) is 9.53 Å². The number of nitrogens with one attached hydrogen (secondary N) is 3. The summed E-state index contributed by atoms with van der Waals surface area (Å²) < 4.78 is 5.06. The lowest BCUT2D eigenvalue weighted by Gasteiger charge is -2.32. The average molecular weight is 377 g/mol. The van der Waals surface area contributed by atoms with Gasteiger partial charge in [0.25, 0.3) is 0 Å². The highest BCUT2D eigenvalue weighted by Crippen LogP contribution is 2.30. The molecule has 1 aromatic rings. The van der Waals surface area contributed by atoms with Gasteiger partial charge >= 0.3 is 12.0 Å². The first-order valence-electron chi connectivity index (χ1n) is 8.87. The van der Waals surface area contributed by atoms with Gasteiger partial charge < -0.3 is 20.3 Å². The number of urea groups is 1. The standard InChI is InChI=1S/C19H25N3O3S/c1-12-4-5-13(2)14(10-12)17-16(18(23)25-3)15(20-19(24)21-17)11-22-6-8-26-9-7-22/h4-5,10,17H,6-9,11H2,1-3H3,(H2,20,21,24)/p+1/t17-/m0/s1. The Morgan fingerprint density at radius 2 is 2.04 bits per heavy atom. The molecule has 0 radical (unpaired) electrons. The maximum Gasteiger partial charge on any atom is 0.338 e. The van der Waals surface area contributed by atoms with Crippen molar-refractivity contribution < 1.29 is 19.2 Å². The molecule has 1 aromatic carbocycles. The van der Waals surface area contributed by atoms with Crippen LogP contribution in [0.1, 0.15) is 22.7 Å². The Kier molecular flexibility index (Phi) is 5.88. The molecule has 7 heteroatoms. The van der Waals surface area contributed by atoms with E-state index in [1.807, 2.05) is 43.8 Å². The zero-order valence-corrected chi connectivity index (χ0v) is 16.3. The van der Waals surface area contributed by atoms with Crippen LogP contribution < -0.4 is 15.5 Å². The average Bonchev–Trinajstić information content (AvgIpc) is 2.63. The molecule has 2 aliphatic heterocycles. The lowest BCUT2D eigenvalue weighted by molar-refractivity contribution is -0.891. The van der Waals surface area contributed by atoms with Crippen LogP contribution in [0.25, 0.3) is 0 Å². The normalized spacial score (nSPS) is 21.2. The minimum Gasteiger partial charge on any atom is -0.466 e. The number of carbonyl (C=O) groups is 2. The number of quaternary nitrogens is 1. The van der Waals surface area contributed by atoms with Gasteiger partial charge in [-0.25, -0.2) is 9.59 Å². The summed E-state index contributed by atoms with van der Waals surface area (Å²) in [6, 6.07) is 5.30. The minimum absolute atomic E-state index is 0.274. The Bertz CT molecular complexity index is 742. The molecule has 1 atom stereocenters. The van der Waals surface area contributed by atoms with Crippen molar-refractivity contribution in [2.75, 3.05) is 38.2 Å². The summed E-state index contributed by atoms with van der Waals surface area (Å²) in [6.45, 7) is 6.67. The summed E-state index contributed by atoms with van der Waals surface area (Å²) in [5.74, 6) is 1.80. The summed E-state index contributed by atoms with van der Waals surface area (Å²) in [5, 5.41) is 5.78. The molecule has 2 heterocycles. The molecule has 1 fully saturated rings. The van der Waals surface area contributed by atoms with Gasteiger partial charge in [0, 0.05) is 11.5 Å². The predicted molar refractivity (Wildman–Crippen MR) is 102 cm³/mol. The molecule has 0 bridgehead atoms. The van der Waals surface area contributed by atoms with Crippen LogP contribution >= 0.6 is 11.8 Å². The number of methoxy groups -OCH3 is 1. The molecule has 2 aliphatic rings. The van der Waals surface area contributed by atoms with Crippen molar-refractivity contribution in [3.05, 3.63) is 46.2 Å². The Morgan fingerprint density at radius 3 is 2.73 bits per heavy atom. The van der Waals surface area contributed by atoms with Gasteiger partial charge in [-0.05, 0) is 25.0 Å². The number of aryl methyl sites for hydroxylation is 2. The molecule has 0 aromatic heterocycles. The van der Waals surface area contributed by atoms with Gasteiger partial charge in [-0.3, -0.25) is 0 Å². The third kappa shape index (κ3) is 4.04. The molecule has 1 saturated heterocycles. The van der Waals surface area contributed by atoms with Crippen LogP contribution in [0.2, 0.25) is 0 Å². The molecule has 6 nitrogen and oxygen atoms in total. The highest BCUT2D eigenvalue weighted by Gasteiger charge is 2.35. The van der Waals surface area contributed by atoms with E-state index in [0.717, 1.165) is 41.3 Å². The second-order valence-corrected chi connectivity index (χ2v) is 8.04.